The molecule has 0 aliphatic heterocycles. The van der Waals surface area contributed by atoms with Crippen molar-refractivity contribution in [2.75, 3.05) is 6.26 Å². The number of ether oxygens (including phenoxy) is 1. The topological polar surface area (TPSA) is 113 Å². The quantitative estimate of drug-likeness (QED) is 0.159. The fourth-order valence-corrected chi connectivity index (χ4v) is 5.88. The summed E-state index contributed by atoms with van der Waals surface area (Å²) in [6.07, 6.45) is 4.59. The Morgan fingerprint density at radius 2 is 1.67 bits per heavy atom. The van der Waals surface area contributed by atoms with E-state index in [1.807, 2.05) is 79.0 Å². The van der Waals surface area contributed by atoms with Crippen molar-refractivity contribution in [3.8, 4) is 39.4 Å². The van der Waals surface area contributed by atoms with Gasteiger partial charge in [-0.2, -0.15) is 5.10 Å². The summed E-state index contributed by atoms with van der Waals surface area (Å²) in [5, 5.41) is 9.58. The Morgan fingerprint density at radius 1 is 0.800 bits per heavy atom. The van der Waals surface area contributed by atoms with Gasteiger partial charge in [0.25, 0.3) is 0 Å². The van der Waals surface area contributed by atoms with E-state index in [-0.39, 0.29) is 6.54 Å². The van der Waals surface area contributed by atoms with Crippen molar-refractivity contribution in [3.63, 3.8) is 0 Å². The number of rotatable bonds is 9. The molecule has 4 aromatic carbocycles. The van der Waals surface area contributed by atoms with Gasteiger partial charge in [0.2, 0.25) is 10.0 Å². The highest BCUT2D eigenvalue weighted by Gasteiger charge is 2.16. The van der Waals surface area contributed by atoms with Crippen LogP contribution in [0.25, 0.3) is 55.4 Å². The molecule has 0 bridgehead atoms. The van der Waals surface area contributed by atoms with Gasteiger partial charge in [0, 0.05) is 34.6 Å². The number of H-pyrrole nitrogens is 2. The molecule has 7 rings (SSSR count). The molecule has 0 saturated heterocycles. The molecule has 3 N–H and O–H groups in total. The van der Waals surface area contributed by atoms with Crippen molar-refractivity contribution in [3.05, 3.63) is 126 Å². The first kappa shape index (κ1) is 28.5. The van der Waals surface area contributed by atoms with E-state index >= 15 is 0 Å². The molecule has 0 aliphatic rings. The van der Waals surface area contributed by atoms with Crippen LogP contribution in [-0.2, 0) is 23.2 Å². The Labute approximate surface area is 259 Å². The van der Waals surface area contributed by atoms with Crippen molar-refractivity contribution in [2.24, 2.45) is 0 Å². The second-order valence-electron chi connectivity index (χ2n) is 10.9. The van der Waals surface area contributed by atoms with Crippen LogP contribution in [0.3, 0.4) is 0 Å². The molecule has 0 amide bonds. The molecule has 0 radical (unpaired) electrons. The van der Waals surface area contributed by atoms with Gasteiger partial charge in [-0.3, -0.25) is 10.1 Å². The first-order valence-corrected chi connectivity index (χ1v) is 16.2. The predicted octanol–water partition coefficient (Wildman–Crippen LogP) is 7.21. The van der Waals surface area contributed by atoms with E-state index in [4.69, 9.17) is 4.74 Å². The third-order valence-electron chi connectivity index (χ3n) is 7.58. The van der Waals surface area contributed by atoms with Crippen molar-refractivity contribution >= 4 is 31.8 Å². The lowest BCUT2D eigenvalue weighted by atomic mass is 9.99. The summed E-state index contributed by atoms with van der Waals surface area (Å²) >= 11 is 0. The number of benzene rings is 4. The number of hydrogen-bond donors (Lipinski definition) is 3. The molecule has 0 fully saturated rings. The highest BCUT2D eigenvalue weighted by Crippen LogP contribution is 2.36. The molecule has 3 heterocycles. The minimum atomic E-state index is -3.42. The lowest BCUT2D eigenvalue weighted by Gasteiger charge is -2.08. The minimum absolute atomic E-state index is 0.00285. The number of fused-ring (bicyclic) bond motifs is 2. The average molecular weight is 618 g/mol. The third kappa shape index (κ3) is 6.19. The van der Waals surface area contributed by atoms with E-state index in [9.17, 15) is 12.8 Å². The Hall–Kier alpha value is -5.32. The molecule has 45 heavy (non-hydrogen) atoms. The van der Waals surface area contributed by atoms with Gasteiger partial charge in [0.1, 0.15) is 23.9 Å². The Morgan fingerprint density at radius 3 is 2.51 bits per heavy atom. The maximum atomic E-state index is 14.6. The summed E-state index contributed by atoms with van der Waals surface area (Å²) < 4.78 is 46.3. The molecular weight excluding hydrogens is 589 g/mol. The fraction of sp³-hybridized carbons (Fsp3) is 0.0857. The fourth-order valence-electron chi connectivity index (χ4n) is 5.45. The second kappa shape index (κ2) is 11.6. The molecule has 224 valence electrons. The first-order chi connectivity index (χ1) is 21.8. The number of sulfonamides is 1. The minimum Gasteiger partial charge on any atom is -0.487 e. The normalized spacial score (nSPS) is 11.8. The smallest absolute Gasteiger partial charge is 0.209 e. The summed E-state index contributed by atoms with van der Waals surface area (Å²) in [7, 11) is -3.42. The van der Waals surface area contributed by atoms with E-state index in [1.54, 1.807) is 12.3 Å². The standard InChI is InChI=1S/C35H28FN5O3S/c1-45(42,43)38-18-23-12-25(14-27(36)13-23)29-8-5-9-32-30(29)17-34(39-32)35-31-16-24(10-11-33(31)40-41-35)26-15-28(20-37-19-26)44-21-22-6-3-2-4-7-22/h2-17,19-20,38-39H,18,21H2,1H3,(H,40,41). The molecule has 0 saturated carbocycles. The number of aromatic amines is 2. The highest BCUT2D eigenvalue weighted by molar-refractivity contribution is 7.88. The molecule has 0 spiro atoms. The lowest BCUT2D eigenvalue weighted by molar-refractivity contribution is 0.305. The van der Waals surface area contributed by atoms with Crippen LogP contribution >= 0.6 is 0 Å². The van der Waals surface area contributed by atoms with Crippen LogP contribution < -0.4 is 9.46 Å². The van der Waals surface area contributed by atoms with Gasteiger partial charge in [-0.25, -0.2) is 17.5 Å². The van der Waals surface area contributed by atoms with Crippen molar-refractivity contribution in [2.45, 2.75) is 13.2 Å². The van der Waals surface area contributed by atoms with Crippen molar-refractivity contribution in [1.29, 1.82) is 0 Å². The summed E-state index contributed by atoms with van der Waals surface area (Å²) in [6.45, 7) is 0.449. The summed E-state index contributed by atoms with van der Waals surface area (Å²) in [5.74, 6) is 0.236. The number of nitrogens with zero attached hydrogens (tertiary/aromatic N) is 2. The number of nitrogens with one attached hydrogen (secondary N) is 3. The Bertz CT molecular complexity index is 2280. The Kier molecular flexibility index (Phi) is 7.36. The van der Waals surface area contributed by atoms with Gasteiger partial charge >= 0.3 is 0 Å². The van der Waals surface area contributed by atoms with E-state index in [2.05, 4.69) is 31.0 Å². The van der Waals surface area contributed by atoms with E-state index < -0.39 is 15.8 Å². The lowest BCUT2D eigenvalue weighted by Crippen LogP contribution is -2.21. The molecule has 0 unspecified atom stereocenters. The van der Waals surface area contributed by atoms with Gasteiger partial charge in [-0.05, 0) is 76.3 Å². The summed E-state index contributed by atoms with van der Waals surface area (Å²) in [5.41, 5.74) is 8.24. The summed E-state index contributed by atoms with van der Waals surface area (Å²) in [4.78, 5) is 7.88. The molecule has 3 aromatic heterocycles. The SMILES string of the molecule is CS(=O)(=O)NCc1cc(F)cc(-c2cccc3[nH]c(-c4n[nH]c5ccc(-c6cncc(OCc7ccccc7)c6)cc45)cc23)c1. The number of aromatic nitrogens is 4. The van der Waals surface area contributed by atoms with Gasteiger partial charge in [0.05, 0.1) is 23.7 Å². The zero-order valence-corrected chi connectivity index (χ0v) is 25.0. The van der Waals surface area contributed by atoms with E-state index in [1.165, 1.54) is 12.1 Å². The average Bonchev–Trinajstić information content (AvgIpc) is 3.67. The number of hydrogen-bond acceptors (Lipinski definition) is 5. The van der Waals surface area contributed by atoms with Crippen LogP contribution in [-0.4, -0.2) is 34.8 Å². The van der Waals surface area contributed by atoms with Gasteiger partial charge in [-0.1, -0.05) is 48.5 Å². The van der Waals surface area contributed by atoms with Crippen LogP contribution in [0.4, 0.5) is 4.39 Å². The molecular formula is C35H28FN5O3S. The Balaban J connectivity index is 1.22. The first-order valence-electron chi connectivity index (χ1n) is 14.3. The molecule has 10 heteroatoms. The predicted molar refractivity (Wildman–Crippen MR) is 174 cm³/mol. The zero-order valence-electron chi connectivity index (χ0n) is 24.2. The molecule has 0 atom stereocenters. The largest absolute Gasteiger partial charge is 0.487 e. The molecule has 0 aliphatic carbocycles. The second-order valence-corrected chi connectivity index (χ2v) is 12.7. The third-order valence-corrected chi connectivity index (χ3v) is 8.25. The zero-order chi connectivity index (χ0) is 31.0. The van der Waals surface area contributed by atoms with Crippen molar-refractivity contribution < 1.29 is 17.5 Å². The van der Waals surface area contributed by atoms with Gasteiger partial charge < -0.3 is 9.72 Å². The van der Waals surface area contributed by atoms with Crippen LogP contribution in [0.15, 0.2) is 109 Å². The van der Waals surface area contributed by atoms with Gasteiger partial charge in [-0.15, -0.1) is 0 Å². The van der Waals surface area contributed by atoms with E-state index in [0.717, 1.165) is 61.7 Å². The van der Waals surface area contributed by atoms with E-state index in [0.29, 0.717) is 23.5 Å². The van der Waals surface area contributed by atoms with Crippen LogP contribution in [0.2, 0.25) is 0 Å². The highest BCUT2D eigenvalue weighted by atomic mass is 32.2. The maximum absolute atomic E-state index is 14.6. The van der Waals surface area contributed by atoms with Gasteiger partial charge in [0.15, 0.2) is 0 Å². The number of pyridine rings is 1. The monoisotopic (exact) mass is 617 g/mol. The van der Waals surface area contributed by atoms with Crippen LogP contribution in [0.1, 0.15) is 11.1 Å². The molecule has 8 nitrogen and oxygen atoms in total. The number of halogens is 1. The van der Waals surface area contributed by atoms with Crippen LogP contribution in [0, 0.1) is 5.82 Å². The van der Waals surface area contributed by atoms with Crippen molar-refractivity contribution in [1.82, 2.24) is 24.9 Å². The van der Waals surface area contributed by atoms with Crippen LogP contribution in [0.5, 0.6) is 5.75 Å². The summed E-state index contributed by atoms with van der Waals surface area (Å²) in [6, 6.07) is 30.4. The maximum Gasteiger partial charge on any atom is 0.209 e. The molecule has 7 aromatic rings.